The van der Waals surface area contributed by atoms with Crippen molar-refractivity contribution in [2.24, 2.45) is 0 Å². The fourth-order valence-corrected chi connectivity index (χ4v) is 0. The third-order valence-electron chi connectivity index (χ3n) is 0. The summed E-state index contributed by atoms with van der Waals surface area (Å²) in [5.41, 5.74) is 0. The summed E-state index contributed by atoms with van der Waals surface area (Å²) in [7, 11) is -5.17. The normalized spacial score (nSPS) is 8.29. The summed E-state index contributed by atoms with van der Waals surface area (Å²) in [6.07, 6.45) is 0. The van der Waals surface area contributed by atoms with Crippen LogP contribution in [0.4, 0.5) is 0 Å². The van der Waals surface area contributed by atoms with Crippen LogP contribution in [0.3, 0.4) is 0 Å². The molecule has 0 unspecified atom stereocenters. The maximum absolute atomic E-state index is 8.52. The third kappa shape index (κ3) is 77.5. The van der Waals surface area contributed by atoms with Gasteiger partial charge in [-0.15, -0.1) is 0 Å². The first kappa shape index (κ1) is 15.9. The van der Waals surface area contributed by atoms with Crippen molar-refractivity contribution in [3.05, 3.63) is 0 Å². The summed E-state index contributed by atoms with van der Waals surface area (Å²) >= 11 is 0. The Bertz CT molecular complexity index is 92.9. The number of hydrogen-bond donors (Lipinski definition) is 0. The van der Waals surface area contributed by atoms with E-state index in [4.69, 9.17) is 17.5 Å². The zero-order valence-corrected chi connectivity index (χ0v) is 8.86. The minimum absolute atomic E-state index is 0. The summed E-state index contributed by atoms with van der Waals surface area (Å²) in [4.78, 5) is 0. The number of rotatable bonds is 0. The SMILES string of the molecule is O=[33S](=O)([O-])[O-].[Na+].[Na+]. The van der Waals surface area contributed by atoms with Crippen molar-refractivity contribution < 1.29 is 76.6 Å². The molecule has 0 aliphatic rings. The maximum Gasteiger partial charge on any atom is 1.00 e. The van der Waals surface area contributed by atoms with Gasteiger partial charge in [0.25, 0.3) is 0 Å². The molecule has 0 aromatic heterocycles. The minimum atomic E-state index is -5.17. The Morgan fingerprint density at radius 1 is 1.00 bits per heavy atom. The van der Waals surface area contributed by atoms with Gasteiger partial charge in [0.1, 0.15) is 0 Å². The van der Waals surface area contributed by atoms with Crippen LogP contribution in [0.2, 0.25) is 0 Å². The molecule has 0 aliphatic carbocycles. The van der Waals surface area contributed by atoms with E-state index in [0.717, 1.165) is 0 Å². The second-order valence-electron chi connectivity index (χ2n) is 0.408. The predicted molar refractivity (Wildman–Crippen MR) is 10.5 cm³/mol. The minimum Gasteiger partial charge on any atom is -0.759 e. The zero-order chi connectivity index (χ0) is 4.50. The Balaban J connectivity index is -0.0000000800. The first-order chi connectivity index (χ1) is 2.00. The van der Waals surface area contributed by atoms with Crippen molar-refractivity contribution in [1.29, 1.82) is 0 Å². The second kappa shape index (κ2) is 6.00. The molecular weight excluding hydrogens is 143 g/mol. The zero-order valence-electron chi connectivity index (χ0n) is 4.04. The summed E-state index contributed by atoms with van der Waals surface area (Å²) in [5.74, 6) is 0. The van der Waals surface area contributed by atoms with E-state index in [9.17, 15) is 0 Å². The van der Waals surface area contributed by atoms with Crippen LogP contribution in [0.15, 0.2) is 0 Å². The molecule has 7 heavy (non-hydrogen) atoms. The van der Waals surface area contributed by atoms with Crippen LogP contribution in [0.5, 0.6) is 0 Å². The van der Waals surface area contributed by atoms with Crippen molar-refractivity contribution in [3.63, 3.8) is 0 Å². The van der Waals surface area contributed by atoms with E-state index in [1.165, 1.54) is 0 Å². The Labute approximate surface area is 85.8 Å². The third-order valence-corrected chi connectivity index (χ3v) is 0. The molecule has 0 atom stereocenters. The van der Waals surface area contributed by atoms with Crippen molar-refractivity contribution in [1.82, 2.24) is 0 Å². The average molecular weight is 143 g/mol. The quantitative estimate of drug-likeness (QED) is 0.191. The fourth-order valence-electron chi connectivity index (χ4n) is 0. The summed E-state index contributed by atoms with van der Waals surface area (Å²) < 4.78 is 34.1. The van der Waals surface area contributed by atoms with E-state index in [1.54, 1.807) is 0 Å². The molecule has 32 valence electrons. The summed E-state index contributed by atoms with van der Waals surface area (Å²) in [6.45, 7) is 0. The predicted octanol–water partition coefficient (Wildman–Crippen LogP) is -7.33. The molecule has 0 bridgehead atoms. The van der Waals surface area contributed by atoms with Crippen LogP contribution in [0.1, 0.15) is 0 Å². The van der Waals surface area contributed by atoms with Crippen LogP contribution in [-0.2, 0) is 10.4 Å². The molecule has 0 fully saturated rings. The van der Waals surface area contributed by atoms with Crippen LogP contribution in [-0.4, -0.2) is 17.5 Å². The largest absolute Gasteiger partial charge is 1.00 e. The van der Waals surface area contributed by atoms with Crippen molar-refractivity contribution in [2.45, 2.75) is 0 Å². The van der Waals surface area contributed by atoms with E-state index in [1.807, 2.05) is 0 Å². The molecule has 0 saturated carbocycles. The Morgan fingerprint density at radius 3 is 1.00 bits per heavy atom. The van der Waals surface area contributed by atoms with Crippen LogP contribution in [0, 0.1) is 0 Å². The maximum atomic E-state index is 8.52. The first-order valence-electron chi connectivity index (χ1n) is 0.667. The Morgan fingerprint density at radius 2 is 1.00 bits per heavy atom. The molecule has 0 spiro atoms. The van der Waals surface area contributed by atoms with E-state index >= 15 is 0 Å². The van der Waals surface area contributed by atoms with Crippen molar-refractivity contribution >= 4 is 10.4 Å². The van der Waals surface area contributed by atoms with Gasteiger partial charge in [-0.1, -0.05) is 0 Å². The van der Waals surface area contributed by atoms with Gasteiger partial charge in [-0.05, 0) is 0 Å². The molecule has 0 heterocycles. The Kier molecular flexibility index (Phi) is 13.7. The van der Waals surface area contributed by atoms with Gasteiger partial charge in [-0.3, -0.25) is 8.42 Å². The molecule has 0 saturated heterocycles. The Hall–Kier alpha value is 1.87. The van der Waals surface area contributed by atoms with Crippen LogP contribution >= 0.6 is 0 Å². The second-order valence-corrected chi connectivity index (χ2v) is 1.22. The van der Waals surface area contributed by atoms with Gasteiger partial charge in [0.15, 0.2) is 0 Å². The molecule has 0 aromatic rings. The molecule has 4 nitrogen and oxygen atoms in total. The van der Waals surface area contributed by atoms with Gasteiger partial charge >= 0.3 is 59.1 Å². The van der Waals surface area contributed by atoms with Crippen LogP contribution in [0.25, 0.3) is 0 Å². The van der Waals surface area contributed by atoms with E-state index in [0.29, 0.717) is 0 Å². The molecule has 0 aromatic carbocycles. The van der Waals surface area contributed by atoms with Gasteiger partial charge in [-0.25, -0.2) is 0 Å². The van der Waals surface area contributed by atoms with Crippen molar-refractivity contribution in [3.8, 4) is 0 Å². The van der Waals surface area contributed by atoms with Crippen molar-refractivity contribution in [2.75, 3.05) is 0 Å². The molecular formula is Na2O4S. The topological polar surface area (TPSA) is 80.3 Å². The smallest absolute Gasteiger partial charge is 0.759 e. The molecule has 0 N–H and O–H groups in total. The molecule has 0 amide bonds. The summed E-state index contributed by atoms with van der Waals surface area (Å²) in [5, 5.41) is 0. The molecule has 0 rings (SSSR count). The van der Waals surface area contributed by atoms with Gasteiger partial charge in [0, 0.05) is 10.4 Å². The van der Waals surface area contributed by atoms with E-state index in [2.05, 4.69) is 0 Å². The first-order valence-corrected chi connectivity index (χ1v) is 2.00. The van der Waals surface area contributed by atoms with E-state index in [-0.39, 0.29) is 59.1 Å². The fraction of sp³-hybridized carbons (Fsp3) is 0. The molecule has 0 aliphatic heterocycles. The van der Waals surface area contributed by atoms with Gasteiger partial charge in [0.2, 0.25) is 0 Å². The van der Waals surface area contributed by atoms with Gasteiger partial charge in [0.05, 0.1) is 0 Å². The standard InChI is InChI=1S/2Na.H2O4S/c;;1-5(2,3)4/h;;(H2,1,2,3,4)/q2*+1;/p-2/i;;5+1. The molecule has 0 radical (unpaired) electrons. The average Bonchev–Trinajstić information content (AvgIpc) is 0.722. The van der Waals surface area contributed by atoms with Crippen LogP contribution < -0.4 is 59.1 Å². The summed E-state index contributed by atoms with van der Waals surface area (Å²) in [6, 6.07) is 0. The van der Waals surface area contributed by atoms with Gasteiger partial charge in [-0.2, -0.15) is 0 Å². The monoisotopic (exact) mass is 143 g/mol. The van der Waals surface area contributed by atoms with E-state index < -0.39 is 10.4 Å². The molecule has 7 heteroatoms. The van der Waals surface area contributed by atoms with Gasteiger partial charge < -0.3 is 9.11 Å². The number of hydrogen-bond acceptors (Lipinski definition) is 4.